The van der Waals surface area contributed by atoms with Crippen LogP contribution in [0.3, 0.4) is 0 Å². The Morgan fingerprint density at radius 3 is 2.59 bits per heavy atom. The van der Waals surface area contributed by atoms with E-state index in [2.05, 4.69) is 22.2 Å². The molecule has 0 fully saturated rings. The molecule has 0 amide bonds. The Hall–Kier alpha value is -1.53. The lowest BCUT2D eigenvalue weighted by Crippen LogP contribution is -2.40. The average Bonchev–Trinajstić information content (AvgIpc) is 3.11. The van der Waals surface area contributed by atoms with Crippen molar-refractivity contribution in [3.05, 3.63) is 69.7 Å². The third-order valence-electron chi connectivity index (χ3n) is 5.40. The van der Waals surface area contributed by atoms with Crippen LogP contribution in [0.1, 0.15) is 50.3 Å². The van der Waals surface area contributed by atoms with Gasteiger partial charge in [-0.3, -0.25) is 0 Å². The summed E-state index contributed by atoms with van der Waals surface area (Å²) in [4.78, 5) is 0.284. The second kappa shape index (κ2) is 7.31. The van der Waals surface area contributed by atoms with Gasteiger partial charge in [0.15, 0.2) is 0 Å². The highest BCUT2D eigenvalue weighted by atomic mass is 35.5. The van der Waals surface area contributed by atoms with Crippen LogP contribution in [0.5, 0.6) is 0 Å². The molecule has 154 valence electrons. The SMILES string of the molecule is CC(C)(C)NS(=O)(=O)c1ccc2c(c1)C1C=CCC1C(c1cccc(Cl)c1Cl)N2. The van der Waals surface area contributed by atoms with E-state index in [9.17, 15) is 8.42 Å². The summed E-state index contributed by atoms with van der Waals surface area (Å²) in [5, 5.41) is 4.68. The van der Waals surface area contributed by atoms with E-state index in [1.807, 2.05) is 39.0 Å². The molecule has 3 atom stereocenters. The Kier molecular flexibility index (Phi) is 5.23. The second-order valence-electron chi connectivity index (χ2n) is 8.72. The van der Waals surface area contributed by atoms with Gasteiger partial charge in [0.25, 0.3) is 0 Å². The van der Waals surface area contributed by atoms with E-state index in [0.717, 1.165) is 23.2 Å². The molecule has 29 heavy (non-hydrogen) atoms. The summed E-state index contributed by atoms with van der Waals surface area (Å²) in [6.07, 6.45) is 5.22. The monoisotopic (exact) mass is 450 g/mol. The van der Waals surface area contributed by atoms with Gasteiger partial charge in [0.2, 0.25) is 10.0 Å². The molecule has 3 unspecified atom stereocenters. The number of sulfonamides is 1. The van der Waals surface area contributed by atoms with Crippen molar-refractivity contribution in [2.45, 2.75) is 49.6 Å². The Balaban J connectivity index is 1.75. The molecule has 1 heterocycles. The van der Waals surface area contributed by atoms with E-state index in [1.165, 1.54) is 0 Å². The Morgan fingerprint density at radius 2 is 1.86 bits per heavy atom. The highest BCUT2D eigenvalue weighted by molar-refractivity contribution is 7.89. The fourth-order valence-electron chi connectivity index (χ4n) is 4.27. The van der Waals surface area contributed by atoms with Crippen LogP contribution in [-0.4, -0.2) is 14.0 Å². The van der Waals surface area contributed by atoms with Gasteiger partial charge in [-0.1, -0.05) is 47.5 Å². The smallest absolute Gasteiger partial charge is 0.241 e. The molecule has 4 rings (SSSR count). The summed E-state index contributed by atoms with van der Waals surface area (Å²) in [6, 6.07) is 11.0. The van der Waals surface area contributed by atoms with E-state index in [4.69, 9.17) is 23.2 Å². The quantitative estimate of drug-likeness (QED) is 0.572. The van der Waals surface area contributed by atoms with Crippen molar-refractivity contribution < 1.29 is 8.42 Å². The van der Waals surface area contributed by atoms with Gasteiger partial charge in [-0.2, -0.15) is 0 Å². The number of halogens is 2. The Morgan fingerprint density at radius 1 is 1.10 bits per heavy atom. The minimum atomic E-state index is -3.60. The molecular weight excluding hydrogens is 427 g/mol. The molecule has 0 spiro atoms. The molecule has 1 aliphatic carbocycles. The molecule has 0 radical (unpaired) electrons. The van der Waals surface area contributed by atoms with Gasteiger partial charge in [-0.25, -0.2) is 13.1 Å². The van der Waals surface area contributed by atoms with Crippen LogP contribution < -0.4 is 10.0 Å². The molecule has 0 aromatic heterocycles. The second-order valence-corrected chi connectivity index (χ2v) is 11.2. The molecule has 2 N–H and O–H groups in total. The first kappa shape index (κ1) is 20.7. The maximum absolute atomic E-state index is 12.8. The van der Waals surface area contributed by atoms with Gasteiger partial charge in [0, 0.05) is 17.1 Å². The van der Waals surface area contributed by atoms with E-state index in [-0.39, 0.29) is 22.8 Å². The minimum absolute atomic E-state index is 0.00357. The molecule has 0 bridgehead atoms. The van der Waals surface area contributed by atoms with Crippen LogP contribution in [0.15, 0.2) is 53.4 Å². The normalized spacial score (nSPS) is 23.4. The summed E-state index contributed by atoms with van der Waals surface area (Å²) in [7, 11) is -3.60. The zero-order chi connectivity index (χ0) is 21.0. The van der Waals surface area contributed by atoms with E-state index >= 15 is 0 Å². The topological polar surface area (TPSA) is 58.2 Å². The number of hydrogen-bond acceptors (Lipinski definition) is 3. The van der Waals surface area contributed by atoms with Crippen molar-refractivity contribution in [3.63, 3.8) is 0 Å². The van der Waals surface area contributed by atoms with Crippen LogP contribution in [-0.2, 0) is 10.0 Å². The number of nitrogens with one attached hydrogen (secondary N) is 2. The van der Waals surface area contributed by atoms with Crippen molar-refractivity contribution in [3.8, 4) is 0 Å². The number of hydrogen-bond donors (Lipinski definition) is 2. The number of benzene rings is 2. The van der Waals surface area contributed by atoms with Crippen LogP contribution in [0.2, 0.25) is 10.0 Å². The zero-order valence-electron chi connectivity index (χ0n) is 16.5. The van der Waals surface area contributed by atoms with Gasteiger partial charge in [-0.05, 0) is 68.5 Å². The van der Waals surface area contributed by atoms with Crippen LogP contribution >= 0.6 is 23.2 Å². The third-order valence-corrected chi connectivity index (χ3v) is 7.99. The third kappa shape index (κ3) is 3.93. The van der Waals surface area contributed by atoms with Gasteiger partial charge in [-0.15, -0.1) is 0 Å². The van der Waals surface area contributed by atoms with Crippen LogP contribution in [0, 0.1) is 5.92 Å². The Bertz CT molecular complexity index is 1090. The lowest BCUT2D eigenvalue weighted by atomic mass is 9.77. The number of rotatable bonds is 3. The minimum Gasteiger partial charge on any atom is -0.378 e. The van der Waals surface area contributed by atoms with Crippen molar-refractivity contribution in [2.24, 2.45) is 5.92 Å². The van der Waals surface area contributed by atoms with Crippen molar-refractivity contribution >= 4 is 38.9 Å². The number of fused-ring (bicyclic) bond motifs is 3. The summed E-state index contributed by atoms with van der Waals surface area (Å²) >= 11 is 12.8. The largest absolute Gasteiger partial charge is 0.378 e. The lowest BCUT2D eigenvalue weighted by Gasteiger charge is -2.38. The van der Waals surface area contributed by atoms with Crippen molar-refractivity contribution in [2.75, 3.05) is 5.32 Å². The van der Waals surface area contributed by atoms with Crippen LogP contribution in [0.25, 0.3) is 0 Å². The molecule has 1 aliphatic heterocycles. The summed E-state index contributed by atoms with van der Waals surface area (Å²) in [5.74, 6) is 0.364. The van der Waals surface area contributed by atoms with E-state index in [1.54, 1.807) is 18.2 Å². The van der Waals surface area contributed by atoms with E-state index in [0.29, 0.717) is 10.0 Å². The van der Waals surface area contributed by atoms with Gasteiger partial charge in [0.05, 0.1) is 21.0 Å². The average molecular weight is 451 g/mol. The highest BCUT2D eigenvalue weighted by Crippen LogP contribution is 2.51. The predicted molar refractivity (Wildman–Crippen MR) is 119 cm³/mol. The van der Waals surface area contributed by atoms with Gasteiger partial charge >= 0.3 is 0 Å². The summed E-state index contributed by atoms with van der Waals surface area (Å²) < 4.78 is 28.4. The van der Waals surface area contributed by atoms with Gasteiger partial charge < -0.3 is 5.32 Å². The Labute approximate surface area is 182 Å². The number of anilines is 1. The highest BCUT2D eigenvalue weighted by Gasteiger charge is 2.39. The van der Waals surface area contributed by atoms with E-state index < -0.39 is 15.6 Å². The molecule has 7 heteroatoms. The maximum Gasteiger partial charge on any atom is 0.241 e. The van der Waals surface area contributed by atoms with Crippen molar-refractivity contribution in [1.29, 1.82) is 0 Å². The molecule has 0 saturated heterocycles. The summed E-state index contributed by atoms with van der Waals surface area (Å²) in [6.45, 7) is 5.50. The molecule has 2 aromatic rings. The molecular formula is C22H24Cl2N2O2S. The number of allylic oxidation sites excluding steroid dienone is 2. The van der Waals surface area contributed by atoms with Crippen LogP contribution in [0.4, 0.5) is 5.69 Å². The fourth-order valence-corrected chi connectivity index (χ4v) is 6.15. The molecule has 4 nitrogen and oxygen atoms in total. The standard InChI is InChI=1S/C22H24Cl2N2O2S/c1-22(2,3)26-29(27,28)13-10-11-19-17(12-13)14-6-4-7-15(14)21(25-19)16-8-5-9-18(23)20(16)24/h4-6,8-12,14-15,21,25-26H,7H2,1-3H3. The maximum atomic E-state index is 12.8. The predicted octanol–water partition coefficient (Wildman–Crippen LogP) is 5.90. The first-order valence-electron chi connectivity index (χ1n) is 9.62. The first-order valence-corrected chi connectivity index (χ1v) is 11.9. The lowest BCUT2D eigenvalue weighted by molar-refractivity contribution is 0.425. The summed E-state index contributed by atoms with van der Waals surface area (Å²) in [5.41, 5.74) is 2.34. The fraction of sp³-hybridized carbons (Fsp3) is 0.364. The van der Waals surface area contributed by atoms with Gasteiger partial charge in [0.1, 0.15) is 0 Å². The molecule has 2 aromatic carbocycles. The zero-order valence-corrected chi connectivity index (χ0v) is 18.9. The first-order chi connectivity index (χ1) is 13.6. The van der Waals surface area contributed by atoms with Crippen molar-refractivity contribution in [1.82, 2.24) is 4.72 Å². The molecule has 0 saturated carbocycles. The molecule has 2 aliphatic rings.